The molecule has 0 heterocycles. The van der Waals surface area contributed by atoms with Gasteiger partial charge in [0.1, 0.15) is 11.6 Å². The summed E-state index contributed by atoms with van der Waals surface area (Å²) in [5.41, 5.74) is 3.17. The maximum Gasteiger partial charge on any atom is 0.123 e. The standard InChI is InChI=1S/C20H25FO/c1-19(2,3)16-11-14(13-8-7-9-15(21)10-13)12-17(18(16)22)20(4,5)6/h7-12,22H,1-6H3. The summed E-state index contributed by atoms with van der Waals surface area (Å²) in [6.07, 6.45) is 0. The third-order valence-corrected chi connectivity index (χ3v) is 3.88. The van der Waals surface area contributed by atoms with Gasteiger partial charge in [-0.1, -0.05) is 53.7 Å². The highest BCUT2D eigenvalue weighted by Gasteiger charge is 2.26. The quantitative estimate of drug-likeness (QED) is 0.706. The molecule has 2 aromatic rings. The molecule has 118 valence electrons. The van der Waals surface area contributed by atoms with E-state index in [-0.39, 0.29) is 16.6 Å². The molecule has 0 bridgehead atoms. The first-order chi connectivity index (χ1) is 10.00. The zero-order chi connectivity index (χ0) is 16.7. The van der Waals surface area contributed by atoms with Gasteiger partial charge in [0.2, 0.25) is 0 Å². The van der Waals surface area contributed by atoms with Gasteiger partial charge in [0.15, 0.2) is 0 Å². The highest BCUT2D eigenvalue weighted by Crippen LogP contribution is 2.41. The third-order valence-electron chi connectivity index (χ3n) is 3.88. The Labute approximate surface area is 132 Å². The molecule has 22 heavy (non-hydrogen) atoms. The molecule has 2 rings (SSSR count). The smallest absolute Gasteiger partial charge is 0.123 e. The van der Waals surface area contributed by atoms with Gasteiger partial charge in [0.05, 0.1) is 0 Å². The van der Waals surface area contributed by atoms with Crippen molar-refractivity contribution in [2.75, 3.05) is 0 Å². The van der Waals surface area contributed by atoms with Crippen molar-refractivity contribution in [3.63, 3.8) is 0 Å². The molecule has 0 amide bonds. The monoisotopic (exact) mass is 300 g/mol. The van der Waals surface area contributed by atoms with Crippen molar-refractivity contribution < 1.29 is 9.50 Å². The first-order valence-electron chi connectivity index (χ1n) is 7.64. The van der Waals surface area contributed by atoms with Crippen LogP contribution in [0.3, 0.4) is 0 Å². The summed E-state index contributed by atoms with van der Waals surface area (Å²) in [4.78, 5) is 0. The molecular weight excluding hydrogens is 275 g/mol. The molecule has 2 aromatic carbocycles. The van der Waals surface area contributed by atoms with Crippen molar-refractivity contribution in [2.45, 2.75) is 52.4 Å². The van der Waals surface area contributed by atoms with E-state index < -0.39 is 0 Å². The van der Waals surface area contributed by atoms with Gasteiger partial charge >= 0.3 is 0 Å². The normalized spacial score (nSPS) is 12.5. The van der Waals surface area contributed by atoms with E-state index >= 15 is 0 Å². The van der Waals surface area contributed by atoms with Crippen LogP contribution in [-0.4, -0.2) is 5.11 Å². The summed E-state index contributed by atoms with van der Waals surface area (Å²) in [7, 11) is 0. The minimum absolute atomic E-state index is 0.187. The van der Waals surface area contributed by atoms with Gasteiger partial charge < -0.3 is 5.11 Å². The lowest BCUT2D eigenvalue weighted by Crippen LogP contribution is -2.17. The molecule has 0 atom stereocenters. The summed E-state index contributed by atoms with van der Waals surface area (Å²) in [5.74, 6) is 0.0975. The zero-order valence-electron chi connectivity index (χ0n) is 14.3. The van der Waals surface area contributed by atoms with Crippen LogP contribution in [0.2, 0.25) is 0 Å². The van der Waals surface area contributed by atoms with E-state index in [1.54, 1.807) is 6.07 Å². The summed E-state index contributed by atoms with van der Waals surface area (Å²) < 4.78 is 13.6. The largest absolute Gasteiger partial charge is 0.507 e. The molecule has 2 heteroatoms. The van der Waals surface area contributed by atoms with E-state index in [2.05, 4.69) is 41.5 Å². The van der Waals surface area contributed by atoms with E-state index in [9.17, 15) is 9.50 Å². The summed E-state index contributed by atoms with van der Waals surface area (Å²) in [6.45, 7) is 12.4. The van der Waals surface area contributed by atoms with Crippen LogP contribution in [0.5, 0.6) is 5.75 Å². The molecular formula is C20H25FO. The van der Waals surface area contributed by atoms with Gasteiger partial charge in [-0.2, -0.15) is 0 Å². The van der Waals surface area contributed by atoms with Crippen molar-refractivity contribution in [3.05, 3.63) is 53.3 Å². The van der Waals surface area contributed by atoms with Crippen LogP contribution in [0.25, 0.3) is 11.1 Å². The number of phenolic OH excluding ortho intramolecular Hbond substituents is 1. The van der Waals surface area contributed by atoms with E-state index in [0.29, 0.717) is 5.75 Å². The third kappa shape index (κ3) is 3.32. The molecule has 1 nitrogen and oxygen atoms in total. The number of aromatic hydroxyl groups is 1. The Morgan fingerprint density at radius 2 is 1.27 bits per heavy atom. The Morgan fingerprint density at radius 1 is 0.773 bits per heavy atom. The molecule has 0 aliphatic rings. The molecule has 0 fully saturated rings. The maximum absolute atomic E-state index is 13.6. The van der Waals surface area contributed by atoms with E-state index in [0.717, 1.165) is 22.3 Å². The average molecular weight is 300 g/mol. The number of phenols is 1. The van der Waals surface area contributed by atoms with Crippen LogP contribution in [0.1, 0.15) is 52.7 Å². The van der Waals surface area contributed by atoms with Crippen molar-refractivity contribution in [1.29, 1.82) is 0 Å². The minimum Gasteiger partial charge on any atom is -0.507 e. The van der Waals surface area contributed by atoms with Gasteiger partial charge in [0.25, 0.3) is 0 Å². The van der Waals surface area contributed by atoms with Crippen LogP contribution in [0.15, 0.2) is 36.4 Å². The number of benzene rings is 2. The van der Waals surface area contributed by atoms with Gasteiger partial charge in [-0.15, -0.1) is 0 Å². The van der Waals surface area contributed by atoms with Gasteiger partial charge in [-0.25, -0.2) is 4.39 Å². The Hall–Kier alpha value is -1.83. The highest BCUT2D eigenvalue weighted by molar-refractivity contribution is 5.69. The summed E-state index contributed by atoms with van der Waals surface area (Å²) in [5, 5.41) is 10.7. The molecule has 0 unspecified atom stereocenters. The van der Waals surface area contributed by atoms with Gasteiger partial charge in [-0.05, 0) is 46.2 Å². The molecule has 0 saturated heterocycles. The Balaban J connectivity index is 2.76. The molecule has 1 N–H and O–H groups in total. The number of hydrogen-bond donors (Lipinski definition) is 1. The number of rotatable bonds is 1. The predicted octanol–water partition coefficient (Wildman–Crippen LogP) is 5.79. The summed E-state index contributed by atoms with van der Waals surface area (Å²) >= 11 is 0. The van der Waals surface area contributed by atoms with Crippen LogP contribution >= 0.6 is 0 Å². The molecule has 0 saturated carbocycles. The first-order valence-corrected chi connectivity index (χ1v) is 7.64. The van der Waals surface area contributed by atoms with Crippen LogP contribution in [-0.2, 0) is 10.8 Å². The number of hydrogen-bond acceptors (Lipinski definition) is 1. The van der Waals surface area contributed by atoms with E-state index in [1.807, 2.05) is 18.2 Å². The fraction of sp³-hybridized carbons (Fsp3) is 0.400. The molecule has 0 radical (unpaired) electrons. The van der Waals surface area contributed by atoms with Crippen molar-refractivity contribution in [2.24, 2.45) is 0 Å². The zero-order valence-corrected chi connectivity index (χ0v) is 14.3. The fourth-order valence-electron chi connectivity index (χ4n) is 2.61. The maximum atomic E-state index is 13.6. The van der Waals surface area contributed by atoms with Gasteiger partial charge in [-0.3, -0.25) is 0 Å². The lowest BCUT2D eigenvalue weighted by Gasteiger charge is -2.28. The molecule has 0 aromatic heterocycles. The summed E-state index contributed by atoms with van der Waals surface area (Å²) in [6, 6.07) is 10.5. The second-order valence-electron chi connectivity index (χ2n) is 7.93. The van der Waals surface area contributed by atoms with Gasteiger partial charge in [0, 0.05) is 11.1 Å². The van der Waals surface area contributed by atoms with Crippen LogP contribution < -0.4 is 0 Å². The molecule has 0 aliphatic heterocycles. The van der Waals surface area contributed by atoms with Crippen LogP contribution in [0, 0.1) is 5.82 Å². The van der Waals surface area contributed by atoms with Crippen LogP contribution in [0.4, 0.5) is 4.39 Å². The van der Waals surface area contributed by atoms with E-state index in [4.69, 9.17) is 0 Å². The lowest BCUT2D eigenvalue weighted by atomic mass is 9.78. The second-order valence-corrected chi connectivity index (χ2v) is 7.93. The molecule has 0 spiro atoms. The minimum atomic E-state index is -0.250. The molecule has 0 aliphatic carbocycles. The lowest BCUT2D eigenvalue weighted by molar-refractivity contribution is 0.423. The SMILES string of the molecule is CC(C)(C)c1cc(-c2cccc(F)c2)cc(C(C)(C)C)c1O. The average Bonchev–Trinajstić information content (AvgIpc) is 2.36. The Kier molecular flexibility index (Phi) is 4.08. The highest BCUT2D eigenvalue weighted by atomic mass is 19.1. The first kappa shape index (κ1) is 16.5. The number of halogens is 1. The predicted molar refractivity (Wildman–Crippen MR) is 90.9 cm³/mol. The van der Waals surface area contributed by atoms with E-state index in [1.165, 1.54) is 12.1 Å². The second kappa shape index (κ2) is 5.42. The topological polar surface area (TPSA) is 20.2 Å². The Morgan fingerprint density at radius 3 is 1.68 bits per heavy atom. The fourth-order valence-corrected chi connectivity index (χ4v) is 2.61. The van der Waals surface area contributed by atoms with Crippen molar-refractivity contribution in [3.8, 4) is 16.9 Å². The van der Waals surface area contributed by atoms with Crippen molar-refractivity contribution >= 4 is 0 Å². The van der Waals surface area contributed by atoms with Crippen molar-refractivity contribution in [1.82, 2.24) is 0 Å². The Bertz CT molecular complexity index is 653.